The van der Waals surface area contributed by atoms with E-state index in [1.807, 2.05) is 42.7 Å². The summed E-state index contributed by atoms with van der Waals surface area (Å²) in [5.41, 5.74) is 1.86. The summed E-state index contributed by atoms with van der Waals surface area (Å²) in [5.74, 6) is -1.66. The quantitative estimate of drug-likeness (QED) is 0.206. The number of fused-ring (bicyclic) bond motifs is 2. The molecule has 2 heterocycles. The first kappa shape index (κ1) is 34.9. The highest BCUT2D eigenvalue weighted by Crippen LogP contribution is 2.15. The number of alkyl carbamates (subject to hydrolysis) is 1. The second-order valence-corrected chi connectivity index (χ2v) is 11.2. The maximum Gasteiger partial charge on any atom is 0.407 e. The molecule has 0 spiro atoms. The first-order chi connectivity index (χ1) is 19.9. The fourth-order valence-electron chi connectivity index (χ4n) is 4.51. The second-order valence-electron chi connectivity index (χ2n) is 11.2. The summed E-state index contributed by atoms with van der Waals surface area (Å²) in [6.45, 7) is 12.3. The molecule has 0 aromatic carbocycles. The van der Waals surface area contributed by atoms with Gasteiger partial charge in [0.15, 0.2) is 0 Å². The van der Waals surface area contributed by atoms with Crippen LogP contribution in [0.4, 0.5) is 4.79 Å². The van der Waals surface area contributed by atoms with Gasteiger partial charge in [-0.2, -0.15) is 0 Å². The van der Waals surface area contributed by atoms with E-state index in [1.165, 1.54) is 0 Å². The number of hydrogen-bond acceptors (Lipinski definition) is 11. The number of nitrogens with zero attached hydrogens (tertiary/aromatic N) is 4. The summed E-state index contributed by atoms with van der Waals surface area (Å²) < 4.78 is 15.6. The highest BCUT2D eigenvalue weighted by atomic mass is 16.6. The zero-order chi connectivity index (χ0) is 31.1. The van der Waals surface area contributed by atoms with E-state index in [4.69, 9.17) is 19.2 Å². The Hall–Kier alpha value is -3.29. The molecular formula is C29H47N5O8. The number of hydrogen-bond donors (Lipinski definition) is 2. The van der Waals surface area contributed by atoms with Crippen molar-refractivity contribution < 1.29 is 38.5 Å². The molecule has 1 aliphatic rings. The summed E-state index contributed by atoms with van der Waals surface area (Å²) >= 11 is 0. The molecule has 0 atom stereocenters. The van der Waals surface area contributed by atoms with Crippen LogP contribution in [-0.2, 0) is 48.1 Å². The largest absolute Gasteiger partial charge is 0.480 e. The van der Waals surface area contributed by atoms with Crippen molar-refractivity contribution in [1.82, 2.24) is 25.0 Å². The topological polar surface area (TPSA) is 151 Å². The Balaban J connectivity index is 2.26. The van der Waals surface area contributed by atoms with Gasteiger partial charge < -0.3 is 24.6 Å². The Bertz CT molecular complexity index is 1050. The number of esters is 2. The van der Waals surface area contributed by atoms with E-state index >= 15 is 0 Å². The Kier molecular flexibility index (Phi) is 14.6. The maximum absolute atomic E-state index is 12.4. The molecule has 1 aliphatic heterocycles. The number of pyridine rings is 1. The molecular weight excluding hydrogens is 546 g/mol. The lowest BCUT2D eigenvalue weighted by molar-refractivity contribution is -0.146. The van der Waals surface area contributed by atoms with Crippen LogP contribution < -0.4 is 5.32 Å². The summed E-state index contributed by atoms with van der Waals surface area (Å²) in [6.07, 6.45) is 0.850. The third-order valence-corrected chi connectivity index (χ3v) is 6.21. The smallest absolute Gasteiger partial charge is 0.407 e. The molecule has 2 bridgehead atoms. The number of carbonyl (C=O) groups excluding carboxylic acids is 3. The molecule has 0 radical (unpaired) electrons. The number of carboxylic acid groups (broad SMARTS) is 1. The minimum Gasteiger partial charge on any atom is -0.480 e. The predicted octanol–water partition coefficient (Wildman–Crippen LogP) is 1.67. The van der Waals surface area contributed by atoms with E-state index in [0.717, 1.165) is 11.3 Å². The van der Waals surface area contributed by atoms with Gasteiger partial charge in [-0.15, -0.1) is 0 Å². The maximum atomic E-state index is 12.4. The number of carbonyl (C=O) groups is 4. The summed E-state index contributed by atoms with van der Waals surface area (Å²) in [4.78, 5) is 58.8. The van der Waals surface area contributed by atoms with Crippen LogP contribution in [0.3, 0.4) is 0 Å². The number of amides is 1. The zero-order valence-corrected chi connectivity index (χ0v) is 25.6. The van der Waals surface area contributed by atoms with E-state index in [1.54, 1.807) is 18.7 Å². The molecule has 0 saturated heterocycles. The van der Waals surface area contributed by atoms with Crippen molar-refractivity contribution in [3.05, 3.63) is 29.1 Å². The second kappa shape index (κ2) is 17.6. The summed E-state index contributed by atoms with van der Waals surface area (Å²) in [6, 6.07) is 3.92. The van der Waals surface area contributed by atoms with Crippen molar-refractivity contribution in [1.29, 1.82) is 0 Å². The van der Waals surface area contributed by atoms with Gasteiger partial charge in [-0.05, 0) is 65.2 Å². The zero-order valence-electron chi connectivity index (χ0n) is 25.6. The molecule has 42 heavy (non-hydrogen) atoms. The van der Waals surface area contributed by atoms with Gasteiger partial charge in [-0.1, -0.05) is 0 Å². The molecule has 2 N–H and O–H groups in total. The Labute approximate surface area is 248 Å². The van der Waals surface area contributed by atoms with Gasteiger partial charge in [-0.3, -0.25) is 34.1 Å². The Morgan fingerprint density at radius 1 is 0.857 bits per heavy atom. The highest BCUT2D eigenvalue weighted by Gasteiger charge is 2.21. The van der Waals surface area contributed by atoms with E-state index in [0.29, 0.717) is 64.3 Å². The average molecular weight is 594 g/mol. The van der Waals surface area contributed by atoms with Crippen LogP contribution in [0.1, 0.15) is 58.0 Å². The molecule has 0 aliphatic carbocycles. The fourth-order valence-corrected chi connectivity index (χ4v) is 4.51. The molecule has 2 rings (SSSR count). The summed E-state index contributed by atoms with van der Waals surface area (Å²) in [7, 11) is 0. The number of rotatable bonds is 12. The average Bonchev–Trinajstić information content (AvgIpc) is 2.86. The molecule has 13 nitrogen and oxygen atoms in total. The van der Waals surface area contributed by atoms with Gasteiger partial charge in [0.2, 0.25) is 0 Å². The molecule has 0 unspecified atom stereocenters. The lowest BCUT2D eigenvalue weighted by atomic mass is 10.1. The normalized spacial score (nSPS) is 15.6. The van der Waals surface area contributed by atoms with Gasteiger partial charge >= 0.3 is 24.0 Å². The van der Waals surface area contributed by atoms with Crippen LogP contribution >= 0.6 is 0 Å². The van der Waals surface area contributed by atoms with Crippen molar-refractivity contribution in [2.24, 2.45) is 0 Å². The van der Waals surface area contributed by atoms with E-state index in [2.05, 4.69) is 5.32 Å². The van der Waals surface area contributed by atoms with E-state index in [9.17, 15) is 24.3 Å². The van der Waals surface area contributed by atoms with Gasteiger partial charge in [0.25, 0.3) is 0 Å². The van der Waals surface area contributed by atoms with Gasteiger partial charge in [0.05, 0.1) is 44.2 Å². The number of ether oxygens (including phenoxy) is 3. The number of carboxylic acids is 1. The van der Waals surface area contributed by atoms with Gasteiger partial charge in [0, 0.05) is 45.8 Å². The van der Waals surface area contributed by atoms with Crippen LogP contribution in [0.15, 0.2) is 12.1 Å². The third kappa shape index (κ3) is 14.6. The first-order valence-electron chi connectivity index (χ1n) is 14.5. The van der Waals surface area contributed by atoms with Crippen LogP contribution in [0.25, 0.3) is 0 Å². The predicted molar refractivity (Wildman–Crippen MR) is 155 cm³/mol. The number of aliphatic carboxylic acids is 1. The minimum absolute atomic E-state index is 0.0625. The van der Waals surface area contributed by atoms with Gasteiger partial charge in [0.1, 0.15) is 5.60 Å². The molecule has 0 fully saturated rings. The van der Waals surface area contributed by atoms with Crippen molar-refractivity contribution in [2.75, 3.05) is 65.6 Å². The molecule has 13 heteroatoms. The lowest BCUT2D eigenvalue weighted by Gasteiger charge is -2.30. The molecule has 0 saturated carbocycles. The SMILES string of the molecule is CCOC(=O)CN1CCN(CC(=O)O)Cc2cc(CCCNC(=O)OC(C)(C)C)cc(n2)CN(CC(=O)OCC)CC1. The monoisotopic (exact) mass is 593 g/mol. The fraction of sp³-hybridized carbons (Fsp3) is 0.690. The Morgan fingerprint density at radius 3 is 1.86 bits per heavy atom. The van der Waals surface area contributed by atoms with Gasteiger partial charge in [-0.25, -0.2) is 4.79 Å². The summed E-state index contributed by atoms with van der Waals surface area (Å²) in [5, 5.41) is 12.3. The third-order valence-electron chi connectivity index (χ3n) is 6.21. The van der Waals surface area contributed by atoms with E-state index in [-0.39, 0.29) is 44.8 Å². The van der Waals surface area contributed by atoms with Crippen LogP contribution in [0.5, 0.6) is 0 Å². The molecule has 1 amide bonds. The van der Waals surface area contributed by atoms with Crippen LogP contribution in [0.2, 0.25) is 0 Å². The van der Waals surface area contributed by atoms with Crippen molar-refractivity contribution in [2.45, 2.75) is 66.2 Å². The Morgan fingerprint density at radius 2 is 1.36 bits per heavy atom. The van der Waals surface area contributed by atoms with Crippen LogP contribution in [-0.4, -0.2) is 120 Å². The minimum atomic E-state index is -0.954. The van der Waals surface area contributed by atoms with Crippen molar-refractivity contribution >= 4 is 24.0 Å². The molecule has 1 aromatic heterocycles. The first-order valence-corrected chi connectivity index (χ1v) is 14.5. The number of aromatic nitrogens is 1. The molecule has 236 valence electrons. The van der Waals surface area contributed by atoms with Crippen molar-refractivity contribution in [3.8, 4) is 0 Å². The molecule has 1 aromatic rings. The van der Waals surface area contributed by atoms with Crippen LogP contribution in [0, 0.1) is 0 Å². The number of aryl methyl sites for hydroxylation is 1. The van der Waals surface area contributed by atoms with E-state index < -0.39 is 17.7 Å². The van der Waals surface area contributed by atoms with Crippen molar-refractivity contribution in [3.63, 3.8) is 0 Å². The lowest BCUT2D eigenvalue weighted by Crippen LogP contribution is -2.44. The number of nitrogens with one attached hydrogen (secondary N) is 1. The standard InChI is InChI=1S/C29H47N5O8/c1-6-40-26(37)20-32-11-13-33(19-25(35)36)17-23-15-22(9-8-10-30-28(39)42-29(3,4)5)16-24(31-23)18-34(14-12-32)21-27(38)41-7-2/h15-16H,6-14,17-21H2,1-5H3,(H,30,39)(H,35,36). The highest BCUT2D eigenvalue weighted by molar-refractivity contribution is 5.72.